The van der Waals surface area contributed by atoms with Crippen molar-refractivity contribution in [2.75, 3.05) is 7.11 Å². The quantitative estimate of drug-likeness (QED) is 0.646. The Labute approximate surface area is 146 Å². The minimum absolute atomic E-state index is 0.0320. The normalized spacial score (nSPS) is 10.9. The summed E-state index contributed by atoms with van der Waals surface area (Å²) in [7, 11) is 1.57. The molecule has 0 radical (unpaired) electrons. The van der Waals surface area contributed by atoms with E-state index >= 15 is 0 Å². The molecule has 3 rings (SSSR count). The second kappa shape index (κ2) is 7.25. The van der Waals surface area contributed by atoms with Crippen LogP contribution in [0.3, 0.4) is 0 Å². The minimum atomic E-state index is -0.0991. The fourth-order valence-corrected chi connectivity index (χ4v) is 2.46. The first-order valence-corrected chi connectivity index (χ1v) is 8.12. The van der Waals surface area contributed by atoms with Crippen molar-refractivity contribution >= 4 is 5.78 Å². The number of ether oxygens (including phenoxy) is 1. The van der Waals surface area contributed by atoms with E-state index in [1.807, 2.05) is 12.1 Å². The van der Waals surface area contributed by atoms with Crippen LogP contribution in [-0.4, -0.2) is 33.1 Å². The lowest BCUT2D eigenvalue weighted by atomic mass is 10.0. The largest absolute Gasteiger partial charge is 0.497 e. The Balaban J connectivity index is 1.73. The molecule has 1 heterocycles. The van der Waals surface area contributed by atoms with E-state index in [0.717, 1.165) is 5.56 Å². The lowest BCUT2D eigenvalue weighted by Crippen LogP contribution is -2.13. The fourth-order valence-electron chi connectivity index (χ4n) is 2.46. The van der Waals surface area contributed by atoms with E-state index in [-0.39, 0.29) is 12.3 Å². The zero-order chi connectivity index (χ0) is 17.8. The molecule has 128 valence electrons. The number of aromatic nitrogens is 4. The van der Waals surface area contributed by atoms with Gasteiger partial charge in [-0.15, -0.1) is 10.2 Å². The Hall–Kier alpha value is -3.02. The molecule has 25 heavy (non-hydrogen) atoms. The molecule has 2 aromatic carbocycles. The molecule has 6 heteroatoms. The summed E-state index contributed by atoms with van der Waals surface area (Å²) in [6, 6.07) is 15.1. The van der Waals surface area contributed by atoms with E-state index in [9.17, 15) is 4.79 Å². The summed E-state index contributed by atoms with van der Waals surface area (Å²) in [6.45, 7) is 4.33. The van der Waals surface area contributed by atoms with Crippen molar-refractivity contribution in [3.8, 4) is 17.1 Å². The first kappa shape index (κ1) is 16.8. The number of rotatable bonds is 6. The van der Waals surface area contributed by atoms with Crippen LogP contribution < -0.4 is 4.74 Å². The molecule has 3 aromatic rings. The van der Waals surface area contributed by atoms with Gasteiger partial charge in [0.1, 0.15) is 12.3 Å². The van der Waals surface area contributed by atoms with Gasteiger partial charge in [0.15, 0.2) is 5.78 Å². The Bertz CT molecular complexity index is 869. The Kier molecular flexibility index (Phi) is 4.88. The molecular formula is C19H20N4O2. The Morgan fingerprint density at radius 3 is 2.60 bits per heavy atom. The van der Waals surface area contributed by atoms with Gasteiger partial charge in [-0.05, 0) is 28.8 Å². The van der Waals surface area contributed by atoms with Crippen LogP contribution in [0.2, 0.25) is 0 Å². The Morgan fingerprint density at radius 2 is 1.92 bits per heavy atom. The number of carbonyl (C=O) groups excluding carboxylic acids is 1. The minimum Gasteiger partial charge on any atom is -0.497 e. The highest BCUT2D eigenvalue weighted by atomic mass is 16.5. The maximum atomic E-state index is 12.4. The number of nitrogens with zero attached hydrogens (tertiary/aromatic N) is 4. The van der Waals surface area contributed by atoms with Crippen LogP contribution in [0.4, 0.5) is 0 Å². The number of methoxy groups -OCH3 is 1. The molecule has 0 unspecified atom stereocenters. The molecule has 0 spiro atoms. The molecule has 0 aliphatic carbocycles. The van der Waals surface area contributed by atoms with Gasteiger partial charge in [-0.1, -0.05) is 50.2 Å². The molecule has 0 saturated heterocycles. The maximum Gasteiger partial charge on any atom is 0.204 e. The van der Waals surface area contributed by atoms with Crippen LogP contribution in [0.15, 0.2) is 48.5 Å². The van der Waals surface area contributed by atoms with E-state index in [1.54, 1.807) is 31.4 Å². The molecule has 0 aliphatic heterocycles. The highest BCUT2D eigenvalue weighted by molar-refractivity contribution is 5.96. The SMILES string of the molecule is COc1cccc(C(=O)Cn2nnc(-c3ccc(C(C)C)cc3)n2)c1. The molecule has 0 saturated carbocycles. The molecule has 0 N–H and O–H groups in total. The smallest absolute Gasteiger partial charge is 0.204 e. The summed E-state index contributed by atoms with van der Waals surface area (Å²) in [6.07, 6.45) is 0. The second-order valence-electron chi connectivity index (χ2n) is 6.08. The first-order chi connectivity index (χ1) is 12.1. The third kappa shape index (κ3) is 3.91. The van der Waals surface area contributed by atoms with Crippen LogP contribution in [0.5, 0.6) is 5.75 Å². The predicted octanol–water partition coefficient (Wildman–Crippen LogP) is 3.36. The van der Waals surface area contributed by atoms with Gasteiger partial charge < -0.3 is 4.74 Å². The van der Waals surface area contributed by atoms with E-state index in [4.69, 9.17) is 4.74 Å². The molecule has 0 atom stereocenters. The van der Waals surface area contributed by atoms with Crippen molar-refractivity contribution in [1.29, 1.82) is 0 Å². The predicted molar refractivity (Wildman–Crippen MR) is 94.7 cm³/mol. The standard InChI is InChI=1S/C19H20N4O2/c1-13(2)14-7-9-15(10-8-14)19-20-22-23(21-19)12-18(24)16-5-4-6-17(11-16)25-3/h4-11,13H,12H2,1-3H3. The van der Waals surface area contributed by atoms with Crippen molar-refractivity contribution < 1.29 is 9.53 Å². The van der Waals surface area contributed by atoms with Crippen LogP contribution >= 0.6 is 0 Å². The average Bonchev–Trinajstić information content (AvgIpc) is 3.10. The number of benzene rings is 2. The molecule has 0 fully saturated rings. The van der Waals surface area contributed by atoms with Gasteiger partial charge in [0, 0.05) is 11.1 Å². The molecule has 0 aliphatic rings. The molecule has 1 aromatic heterocycles. The van der Waals surface area contributed by atoms with Gasteiger partial charge in [-0.25, -0.2) is 0 Å². The molecule has 6 nitrogen and oxygen atoms in total. The van der Waals surface area contributed by atoms with E-state index in [2.05, 4.69) is 41.4 Å². The Morgan fingerprint density at radius 1 is 1.16 bits per heavy atom. The van der Waals surface area contributed by atoms with Gasteiger partial charge in [-0.2, -0.15) is 4.80 Å². The first-order valence-electron chi connectivity index (χ1n) is 8.12. The van der Waals surface area contributed by atoms with E-state index in [0.29, 0.717) is 23.1 Å². The average molecular weight is 336 g/mol. The van der Waals surface area contributed by atoms with Gasteiger partial charge >= 0.3 is 0 Å². The number of hydrogen-bond acceptors (Lipinski definition) is 5. The summed E-state index contributed by atoms with van der Waals surface area (Å²) in [5, 5.41) is 12.3. The van der Waals surface area contributed by atoms with Gasteiger partial charge in [0.05, 0.1) is 7.11 Å². The fraction of sp³-hybridized carbons (Fsp3) is 0.263. The third-order valence-corrected chi connectivity index (χ3v) is 3.97. The maximum absolute atomic E-state index is 12.4. The van der Waals surface area contributed by atoms with Crippen LogP contribution in [0, 0.1) is 0 Å². The number of tetrazole rings is 1. The van der Waals surface area contributed by atoms with Crippen molar-refractivity contribution in [2.24, 2.45) is 0 Å². The third-order valence-electron chi connectivity index (χ3n) is 3.97. The molecule has 0 amide bonds. The summed E-state index contributed by atoms with van der Waals surface area (Å²) < 4.78 is 5.14. The van der Waals surface area contributed by atoms with E-state index in [1.165, 1.54) is 10.4 Å². The van der Waals surface area contributed by atoms with Crippen molar-refractivity contribution in [3.63, 3.8) is 0 Å². The monoisotopic (exact) mass is 336 g/mol. The number of carbonyl (C=O) groups is 1. The van der Waals surface area contributed by atoms with Crippen molar-refractivity contribution in [3.05, 3.63) is 59.7 Å². The van der Waals surface area contributed by atoms with Crippen molar-refractivity contribution in [1.82, 2.24) is 20.2 Å². The summed E-state index contributed by atoms with van der Waals surface area (Å²) >= 11 is 0. The van der Waals surface area contributed by atoms with Crippen LogP contribution in [0.1, 0.15) is 35.7 Å². The van der Waals surface area contributed by atoms with Gasteiger partial charge in [0.2, 0.25) is 5.82 Å². The summed E-state index contributed by atoms with van der Waals surface area (Å²) in [5.74, 6) is 1.52. The van der Waals surface area contributed by atoms with Gasteiger partial charge in [-0.3, -0.25) is 4.79 Å². The molecular weight excluding hydrogens is 316 g/mol. The van der Waals surface area contributed by atoms with E-state index < -0.39 is 0 Å². The number of Topliss-reactive ketones (excluding diaryl/α,β-unsaturated/α-hetero) is 1. The summed E-state index contributed by atoms with van der Waals surface area (Å²) in [4.78, 5) is 13.7. The highest BCUT2D eigenvalue weighted by Gasteiger charge is 2.12. The summed E-state index contributed by atoms with van der Waals surface area (Å²) in [5.41, 5.74) is 2.69. The second-order valence-corrected chi connectivity index (χ2v) is 6.08. The molecule has 0 bridgehead atoms. The lowest BCUT2D eigenvalue weighted by molar-refractivity contribution is 0.0961. The zero-order valence-corrected chi connectivity index (χ0v) is 14.5. The van der Waals surface area contributed by atoms with Crippen LogP contribution in [-0.2, 0) is 6.54 Å². The van der Waals surface area contributed by atoms with Crippen LogP contribution in [0.25, 0.3) is 11.4 Å². The lowest BCUT2D eigenvalue weighted by Gasteiger charge is -2.04. The van der Waals surface area contributed by atoms with Crippen molar-refractivity contribution in [2.45, 2.75) is 26.3 Å². The van der Waals surface area contributed by atoms with Gasteiger partial charge in [0.25, 0.3) is 0 Å². The number of ketones is 1. The topological polar surface area (TPSA) is 69.9 Å². The highest BCUT2D eigenvalue weighted by Crippen LogP contribution is 2.19. The number of hydrogen-bond donors (Lipinski definition) is 0. The zero-order valence-electron chi connectivity index (χ0n) is 14.5.